The Morgan fingerprint density at radius 1 is 0.588 bits per heavy atom. The van der Waals surface area contributed by atoms with Crippen LogP contribution in [0.2, 0.25) is 0 Å². The molecule has 6 aromatic rings. The Hall–Kier alpha value is -9.22. The molecule has 4 aromatic carbocycles. The summed E-state index contributed by atoms with van der Waals surface area (Å²) >= 11 is 2.49. The number of carboxylic acids is 1. The van der Waals surface area contributed by atoms with Gasteiger partial charge in [0.05, 0.1) is 92.5 Å². The van der Waals surface area contributed by atoms with E-state index in [1.807, 2.05) is 12.1 Å². The maximum atomic E-state index is 15.6. The van der Waals surface area contributed by atoms with Crippen LogP contribution < -0.4 is 34.7 Å². The molecule has 532 valence electrons. The number of ether oxygens (including phenoxy) is 9. The number of esters is 5. The van der Waals surface area contributed by atoms with Crippen molar-refractivity contribution < 1.29 is 132 Å². The van der Waals surface area contributed by atoms with Crippen LogP contribution in [0.25, 0.3) is 12.2 Å². The molecule has 2 aliphatic heterocycles. The van der Waals surface area contributed by atoms with E-state index in [9.17, 15) is 51.4 Å². The van der Waals surface area contributed by atoms with E-state index in [2.05, 4.69) is 26.7 Å². The van der Waals surface area contributed by atoms with Crippen molar-refractivity contribution in [3.63, 3.8) is 0 Å². The largest absolute Gasteiger partial charge is 1.00 e. The number of rotatable bonds is 32. The molecule has 2 fully saturated rings. The number of carbonyl (C=O) groups excluding carboxylic acids is 6. The van der Waals surface area contributed by atoms with E-state index in [0.717, 1.165) is 30.3 Å². The predicted octanol–water partition coefficient (Wildman–Crippen LogP) is 5.41. The van der Waals surface area contributed by atoms with Crippen LogP contribution in [0.4, 0.5) is 26.3 Å². The Balaban J connectivity index is 0.000000318. The molecule has 2 saturated heterocycles. The van der Waals surface area contributed by atoms with Gasteiger partial charge >= 0.3 is 59.4 Å². The van der Waals surface area contributed by atoms with E-state index in [1.165, 1.54) is 107 Å². The average Bonchev–Trinajstić information content (AvgIpc) is 0.939. The molecule has 4 heterocycles. The molecule has 8 rings (SSSR count). The van der Waals surface area contributed by atoms with E-state index < -0.39 is 131 Å². The quantitative estimate of drug-likeness (QED) is 0.0127. The van der Waals surface area contributed by atoms with Crippen molar-refractivity contribution in [3.05, 3.63) is 216 Å². The molecule has 0 spiro atoms. The van der Waals surface area contributed by atoms with Crippen molar-refractivity contribution in [2.75, 3.05) is 46.2 Å². The second kappa shape index (κ2) is 41.0. The van der Waals surface area contributed by atoms with E-state index in [1.54, 1.807) is 50.3 Å². The minimum Gasteiger partial charge on any atom is -0.550 e. The van der Waals surface area contributed by atoms with E-state index in [4.69, 9.17) is 53.2 Å². The van der Waals surface area contributed by atoms with Crippen LogP contribution in [0.3, 0.4) is 0 Å². The van der Waals surface area contributed by atoms with Gasteiger partial charge in [-0.25, -0.2) is 55.3 Å². The monoisotopic (exact) mass is 1460 g/mol. The molecule has 2 aliphatic rings. The van der Waals surface area contributed by atoms with Crippen molar-refractivity contribution in [2.24, 2.45) is 0 Å². The van der Waals surface area contributed by atoms with Crippen molar-refractivity contribution in [1.29, 1.82) is 10.5 Å². The topological polar surface area (TPSA) is 318 Å². The number of halogens is 6. The number of hydrogen-bond donors (Lipinski definition) is 0. The van der Waals surface area contributed by atoms with Crippen molar-refractivity contribution in [3.8, 4) is 12.1 Å². The zero-order chi connectivity index (χ0) is 72.9. The smallest absolute Gasteiger partial charge is 0.550 e. The molecule has 33 heteroatoms. The number of hydrogen-bond acceptors (Lipinski definition) is 24. The first-order valence-electron chi connectivity index (χ1n) is 30.6. The van der Waals surface area contributed by atoms with Crippen LogP contribution in [0.15, 0.2) is 147 Å². The van der Waals surface area contributed by atoms with Gasteiger partial charge in [0.15, 0.2) is 37.0 Å². The van der Waals surface area contributed by atoms with Gasteiger partial charge in [-0.2, -0.15) is 20.7 Å². The SMILES string of the molecule is C=CCOC(=O)CCC(=O)OCC(=O)O[C@@](Cn1cncn1)(c1ccc(F)cc1F)[C@@H](C)SC1COC(/C=C/C=C/c2ccc(C#N)cc2F)OC1.C[C@@H](SC1COC(/C=C/C=C/c2ccc(C#N)cc2F)OC1)[C@@](Cn1cncn1)(OC(=O)COC(=O)CCC(=O)[O-])c1ccc(F)cc1F.[Na+]. The van der Waals surface area contributed by atoms with E-state index in [-0.39, 0.29) is 121 Å². The summed E-state index contributed by atoms with van der Waals surface area (Å²) in [6.45, 7) is 5.08. The van der Waals surface area contributed by atoms with Crippen molar-refractivity contribution >= 4 is 71.5 Å². The number of benzene rings is 4. The first kappa shape index (κ1) is 81.7. The minimum atomic E-state index is -1.87. The van der Waals surface area contributed by atoms with Gasteiger partial charge in [0.2, 0.25) is 0 Å². The van der Waals surface area contributed by atoms with Crippen LogP contribution in [0.5, 0.6) is 0 Å². The van der Waals surface area contributed by atoms with Gasteiger partial charge in [-0.15, -0.1) is 23.5 Å². The summed E-state index contributed by atoms with van der Waals surface area (Å²) < 4.78 is 140. The Kier molecular flexibility index (Phi) is 32.9. The summed E-state index contributed by atoms with van der Waals surface area (Å²) in [5.74, 6) is -10.9. The Bertz CT molecular complexity index is 4050. The summed E-state index contributed by atoms with van der Waals surface area (Å²) in [4.78, 5) is 80.8. The first-order chi connectivity index (χ1) is 48.5. The number of aliphatic carboxylic acids is 1. The minimum absolute atomic E-state index is 0. The average molecular weight is 1460 g/mol. The molecule has 0 aliphatic carbocycles. The van der Waals surface area contributed by atoms with Crippen molar-refractivity contribution in [2.45, 2.75) is 97.4 Å². The number of nitriles is 2. The van der Waals surface area contributed by atoms with E-state index >= 15 is 8.78 Å². The summed E-state index contributed by atoms with van der Waals surface area (Å²) in [5.41, 5.74) is -3.06. The van der Waals surface area contributed by atoms with Gasteiger partial charge in [0.1, 0.15) is 66.8 Å². The number of carboxylic acid groups (broad SMARTS) is 1. The van der Waals surface area contributed by atoms with Crippen LogP contribution in [0.1, 0.15) is 72.9 Å². The summed E-state index contributed by atoms with van der Waals surface area (Å²) in [7, 11) is 0. The Morgan fingerprint density at radius 3 is 1.34 bits per heavy atom. The number of nitrogens with zero attached hydrogens (tertiary/aromatic N) is 8. The molecule has 0 N–H and O–H groups in total. The summed E-state index contributed by atoms with van der Waals surface area (Å²) in [6.07, 6.45) is 15.9. The molecule has 0 saturated carbocycles. The fraction of sp³-hybridized carbons (Fsp3) is 0.333. The Morgan fingerprint density at radius 2 is 0.990 bits per heavy atom. The predicted molar refractivity (Wildman–Crippen MR) is 346 cm³/mol. The number of allylic oxidation sites excluding steroid dienone is 4. The molecular formula is C69H65F6N8NaO16S2. The zero-order valence-electron chi connectivity index (χ0n) is 55.0. The molecular weight excluding hydrogens is 1400 g/mol. The molecule has 0 amide bonds. The normalized spacial score (nSPS) is 17.7. The maximum Gasteiger partial charge on any atom is 1.00 e. The molecule has 102 heavy (non-hydrogen) atoms. The number of aromatic nitrogens is 6. The van der Waals surface area contributed by atoms with Crippen LogP contribution >= 0.6 is 23.5 Å². The van der Waals surface area contributed by atoms with Gasteiger partial charge in [-0.3, -0.25) is 14.4 Å². The first-order valence-corrected chi connectivity index (χ1v) is 32.5. The van der Waals surface area contributed by atoms with Gasteiger partial charge in [-0.05, 0) is 81.0 Å². The maximum absolute atomic E-state index is 15.6. The Labute approximate surface area is 611 Å². The molecule has 0 bridgehead atoms. The van der Waals surface area contributed by atoms with Gasteiger partial charge in [-0.1, -0.05) is 61.2 Å². The van der Waals surface area contributed by atoms with Gasteiger partial charge < -0.3 is 52.5 Å². The third-order valence-electron chi connectivity index (χ3n) is 14.7. The molecule has 0 radical (unpaired) electrons. The summed E-state index contributed by atoms with van der Waals surface area (Å²) in [5, 5.41) is 34.3. The van der Waals surface area contributed by atoms with E-state index in [0.29, 0.717) is 23.3 Å². The van der Waals surface area contributed by atoms with Gasteiger partial charge in [0, 0.05) is 50.9 Å². The van der Waals surface area contributed by atoms with Crippen LogP contribution in [0, 0.1) is 57.6 Å². The third kappa shape index (κ3) is 25.1. The second-order valence-corrected chi connectivity index (χ2v) is 25.2. The fourth-order valence-corrected chi connectivity index (χ4v) is 12.5. The molecule has 24 nitrogen and oxygen atoms in total. The molecule has 4 atom stereocenters. The van der Waals surface area contributed by atoms with Crippen LogP contribution in [-0.4, -0.2) is 145 Å². The fourth-order valence-electron chi connectivity index (χ4n) is 9.77. The van der Waals surface area contributed by atoms with Crippen molar-refractivity contribution in [1.82, 2.24) is 29.5 Å². The van der Waals surface area contributed by atoms with Crippen LogP contribution in [-0.2, 0) is 95.7 Å². The molecule has 0 unspecified atom stereocenters. The standard InChI is InChI=1S/C36H35F3N4O8S.C33H31F3N4O8S.Na/c1-3-14-47-32(44)12-13-33(45)48-20-34(46)51-36(21-43-23-41-22-42-43,29-11-10-27(37)16-31(29)39)24(2)52-28-18-49-35(50-19-28)7-5-4-6-26-9-8-25(17-40)15-30(26)38;1-21(49-25-15-46-32(47-16-25)5-3-2-4-23-7-6-22(14-37)12-27(23)35)33(18-40-20-38-19-39-40,26-9-8-24(34)13-28(26)36)48-31(44)17-45-30(43)11-10-29(41)42;/h3-11,15-16,22-24,28,35H,1,12-14,18-21H2,2H3;2-9,12-13,19-21,25,32H,10-11,15-18H2,1H3,(H,41,42);/q;;+1/p-1/b6-4+,7-5+;4-2+,5-3+;/t24-,28?,35?,36-;21-,25?,32?,33-;/m11./s1. The number of carbonyl (C=O) groups is 6. The number of thioether (sulfide) groups is 2. The second-order valence-electron chi connectivity index (χ2n) is 21.9. The van der Waals surface area contributed by atoms with Gasteiger partial charge in [0.25, 0.3) is 0 Å². The summed E-state index contributed by atoms with van der Waals surface area (Å²) in [6, 6.07) is 17.7. The zero-order valence-corrected chi connectivity index (χ0v) is 58.6. The third-order valence-corrected chi connectivity index (χ3v) is 17.6. The molecule has 2 aromatic heterocycles.